The molecule has 0 aliphatic carbocycles. The molecule has 0 aliphatic rings. The van der Waals surface area contributed by atoms with Gasteiger partial charge in [0.05, 0.1) is 27.7 Å². The van der Waals surface area contributed by atoms with Crippen molar-refractivity contribution in [1.29, 1.82) is 0 Å². The van der Waals surface area contributed by atoms with Crippen molar-refractivity contribution in [3.8, 4) is 0 Å². The topological polar surface area (TPSA) is 133 Å². The van der Waals surface area contributed by atoms with Crippen molar-refractivity contribution in [3.05, 3.63) is 115 Å². The first-order valence-corrected chi connectivity index (χ1v) is 30.3. The number of carboxylic acids is 2. The number of benzene rings is 4. The molecule has 9 nitrogen and oxygen atoms in total. The number of carbonyl (C=O) groups is 2. The van der Waals surface area contributed by atoms with Gasteiger partial charge in [-0.05, 0) is 113 Å². The Morgan fingerprint density at radius 1 is 0.421 bits per heavy atom. The summed E-state index contributed by atoms with van der Waals surface area (Å²) < 4.78 is 1.83. The summed E-state index contributed by atoms with van der Waals surface area (Å²) in [5.41, 5.74) is 3.86. The predicted octanol–water partition coefficient (Wildman–Crippen LogP) is 18.3. The van der Waals surface area contributed by atoms with Crippen molar-refractivity contribution in [3.63, 3.8) is 0 Å². The molecule has 0 radical (unpaired) electrons. The molecule has 0 atom stereocenters. The molecule has 2 aromatic heterocycles. The van der Waals surface area contributed by atoms with Crippen LogP contribution in [0.3, 0.4) is 0 Å². The smallest absolute Gasteiger partial charge is 0.335 e. The van der Waals surface area contributed by atoms with Crippen LogP contribution in [0.2, 0.25) is 0 Å². The normalized spacial score (nSPS) is 11.6. The molecule has 6 aromatic rings. The monoisotopic (exact) mass is 1040 g/mol. The number of hydrogen-bond donors (Lipinski definition) is 3. The summed E-state index contributed by atoms with van der Waals surface area (Å²) >= 11 is 0. The van der Waals surface area contributed by atoms with E-state index in [4.69, 9.17) is 0 Å². The number of aryl methyl sites for hydroxylation is 2. The second kappa shape index (κ2) is 34.5. The SMILES string of the molecule is CCCCCCCCCCCCN(CCCCCCCCCCCC)CCCCCCCCCCCC.Cc1ccc2[nH]c3cc4c(=O)c5cc(C)ccc5n(Cc5cc(C(=O)O)cc(C(=O)O)c5)c4cc3c(=O)c2c1. The van der Waals surface area contributed by atoms with Gasteiger partial charge in [0.15, 0.2) is 10.9 Å². The highest BCUT2D eigenvalue weighted by Crippen LogP contribution is 2.27. The maximum Gasteiger partial charge on any atom is 0.335 e. The Bertz CT molecular complexity index is 2740. The average molecular weight is 1040 g/mol. The zero-order chi connectivity index (χ0) is 54.5. The lowest BCUT2D eigenvalue weighted by Crippen LogP contribution is -2.27. The second-order valence-corrected chi connectivity index (χ2v) is 22.3. The molecule has 0 bridgehead atoms. The van der Waals surface area contributed by atoms with Gasteiger partial charge in [0.1, 0.15) is 0 Å². The summed E-state index contributed by atoms with van der Waals surface area (Å²) in [6, 6.07) is 18.4. The third-order valence-electron chi connectivity index (χ3n) is 15.6. The molecule has 3 N–H and O–H groups in total. The molecule has 0 amide bonds. The number of aromatic carboxylic acids is 2. The Morgan fingerprint density at radius 3 is 1.22 bits per heavy atom. The third kappa shape index (κ3) is 20.3. The lowest BCUT2D eigenvalue weighted by molar-refractivity contribution is 0.0696. The number of aromatic nitrogens is 2. The lowest BCUT2D eigenvalue weighted by atomic mass is 10.0. The van der Waals surface area contributed by atoms with E-state index in [9.17, 15) is 29.4 Å². The molecule has 2 heterocycles. The molecule has 0 saturated carbocycles. The van der Waals surface area contributed by atoms with E-state index >= 15 is 0 Å². The van der Waals surface area contributed by atoms with Crippen LogP contribution in [-0.4, -0.2) is 56.2 Å². The number of hydrogen-bond acceptors (Lipinski definition) is 5. The van der Waals surface area contributed by atoms with Gasteiger partial charge in [-0.2, -0.15) is 0 Å². The van der Waals surface area contributed by atoms with Gasteiger partial charge in [0.2, 0.25) is 0 Å². The van der Waals surface area contributed by atoms with Gasteiger partial charge in [-0.15, -0.1) is 0 Å². The van der Waals surface area contributed by atoms with Gasteiger partial charge in [-0.25, -0.2) is 9.59 Å². The number of nitrogens with zero attached hydrogens (tertiary/aromatic N) is 2. The van der Waals surface area contributed by atoms with Crippen LogP contribution >= 0.6 is 0 Å². The molecule has 0 fully saturated rings. The highest BCUT2D eigenvalue weighted by atomic mass is 16.4. The average Bonchev–Trinajstić information content (AvgIpc) is 3.46. The number of rotatable bonds is 37. The van der Waals surface area contributed by atoms with E-state index in [0.717, 1.165) is 17.2 Å². The summed E-state index contributed by atoms with van der Waals surface area (Å²) in [7, 11) is 0. The Hall–Kier alpha value is -5.28. The van der Waals surface area contributed by atoms with Crippen LogP contribution in [0.25, 0.3) is 43.6 Å². The van der Waals surface area contributed by atoms with Crippen LogP contribution < -0.4 is 10.9 Å². The summed E-state index contributed by atoms with van der Waals surface area (Å²) in [4.78, 5) is 56.8. The summed E-state index contributed by atoms with van der Waals surface area (Å²) in [5.74, 6) is -2.49. The van der Waals surface area contributed by atoms with Crippen LogP contribution in [-0.2, 0) is 6.54 Å². The van der Waals surface area contributed by atoms with E-state index in [-0.39, 0.29) is 28.5 Å². The second-order valence-electron chi connectivity index (χ2n) is 22.3. The molecule has 6 rings (SSSR count). The predicted molar refractivity (Wildman–Crippen MR) is 322 cm³/mol. The zero-order valence-corrected chi connectivity index (χ0v) is 47.8. The number of pyridine rings is 2. The maximum atomic E-state index is 13.7. The Balaban J connectivity index is 0.000000282. The minimum absolute atomic E-state index is 0.0772. The van der Waals surface area contributed by atoms with E-state index in [1.165, 1.54) is 224 Å². The molecule has 9 heteroatoms. The van der Waals surface area contributed by atoms with Crippen molar-refractivity contribution >= 4 is 55.6 Å². The van der Waals surface area contributed by atoms with E-state index in [0.29, 0.717) is 49.2 Å². The van der Waals surface area contributed by atoms with Gasteiger partial charge in [0.25, 0.3) is 0 Å². The molecular weight excluding hydrogens is 943 g/mol. The summed E-state index contributed by atoms with van der Waals surface area (Å²) in [6.45, 7) is 14.9. The van der Waals surface area contributed by atoms with Crippen molar-refractivity contribution in [1.82, 2.24) is 14.5 Å². The number of nitrogens with one attached hydrogen (secondary N) is 1. The van der Waals surface area contributed by atoms with E-state index in [1.54, 1.807) is 18.2 Å². The van der Waals surface area contributed by atoms with Crippen molar-refractivity contribution in [2.75, 3.05) is 19.6 Å². The minimum Gasteiger partial charge on any atom is -0.478 e. The van der Waals surface area contributed by atoms with E-state index < -0.39 is 11.9 Å². The number of aromatic amines is 1. The highest BCUT2D eigenvalue weighted by Gasteiger charge is 2.18. The molecule has 4 aromatic carbocycles. The largest absolute Gasteiger partial charge is 0.478 e. The first kappa shape index (κ1) is 61.6. The lowest BCUT2D eigenvalue weighted by Gasteiger charge is -2.22. The molecule has 0 saturated heterocycles. The van der Waals surface area contributed by atoms with E-state index in [2.05, 4.69) is 30.7 Å². The van der Waals surface area contributed by atoms with Gasteiger partial charge in [-0.1, -0.05) is 217 Å². The molecule has 0 aliphatic heterocycles. The van der Waals surface area contributed by atoms with Crippen LogP contribution in [0.4, 0.5) is 0 Å². The first-order chi connectivity index (χ1) is 36.9. The third-order valence-corrected chi connectivity index (χ3v) is 15.6. The molecular formula is C67H97N3O6. The molecule has 416 valence electrons. The van der Waals surface area contributed by atoms with Crippen LogP contribution in [0.5, 0.6) is 0 Å². The number of carboxylic acid groups (broad SMARTS) is 2. The van der Waals surface area contributed by atoms with Gasteiger partial charge in [0, 0.05) is 33.6 Å². The standard InChI is InChI=1S/C36H75N.C31H22N2O6/c1-4-7-10-13-16-19-22-25-28-31-34-37(35-32-29-26-23-20-17-14-11-8-5-2)36-33-30-27-24-21-18-15-12-9-6-3;1-15-3-5-24-20(7-15)28(34)21-13-27-23(12-25(21)32-24)29(35)22-8-16(2)4-6-26(22)33(27)14-17-9-18(30(36)37)11-19(10-17)31(38)39/h4-36H2,1-3H3;3-13H,14H2,1-2H3,(H,32,34)(H,36,37)(H,38,39). The Kier molecular flexibility index (Phi) is 27.9. The summed E-state index contributed by atoms with van der Waals surface area (Å²) in [6.07, 6.45) is 43.6. The Labute approximate surface area is 456 Å². The van der Waals surface area contributed by atoms with Crippen molar-refractivity contribution in [2.45, 2.75) is 234 Å². The quantitative estimate of drug-likeness (QED) is 0.0261. The molecule has 76 heavy (non-hydrogen) atoms. The number of fused-ring (bicyclic) bond motifs is 4. The fourth-order valence-corrected chi connectivity index (χ4v) is 11.1. The first-order valence-electron chi connectivity index (χ1n) is 30.3. The van der Waals surface area contributed by atoms with Gasteiger partial charge >= 0.3 is 11.9 Å². The summed E-state index contributed by atoms with van der Waals surface area (Å²) in [5, 5.41) is 20.9. The zero-order valence-electron chi connectivity index (χ0n) is 47.8. The van der Waals surface area contributed by atoms with E-state index in [1.807, 2.05) is 48.7 Å². The highest BCUT2D eigenvalue weighted by molar-refractivity contribution is 6.03. The Morgan fingerprint density at radius 2 is 0.789 bits per heavy atom. The van der Waals surface area contributed by atoms with Crippen LogP contribution in [0, 0.1) is 13.8 Å². The minimum atomic E-state index is -1.25. The van der Waals surface area contributed by atoms with Crippen LogP contribution in [0.1, 0.15) is 251 Å². The maximum absolute atomic E-state index is 13.7. The molecule has 0 spiro atoms. The number of H-pyrrole nitrogens is 1. The van der Waals surface area contributed by atoms with Crippen molar-refractivity contribution in [2.24, 2.45) is 0 Å². The fourth-order valence-electron chi connectivity index (χ4n) is 11.1. The number of unbranched alkanes of at least 4 members (excludes halogenated alkanes) is 27. The van der Waals surface area contributed by atoms with Gasteiger partial charge in [-0.3, -0.25) is 9.59 Å². The van der Waals surface area contributed by atoms with Gasteiger partial charge < -0.3 is 24.7 Å². The van der Waals surface area contributed by atoms with Crippen molar-refractivity contribution < 1.29 is 19.8 Å². The molecule has 0 unspecified atom stereocenters. The van der Waals surface area contributed by atoms with Crippen LogP contribution in [0.15, 0.2) is 76.3 Å². The fraction of sp³-hybridized carbons (Fsp3) is 0.582.